The van der Waals surface area contributed by atoms with E-state index >= 15 is 0 Å². The average Bonchev–Trinajstić information content (AvgIpc) is 3.39. The summed E-state index contributed by atoms with van der Waals surface area (Å²) in [5.74, 6) is 1.11. The SMILES string of the molecule is Cc1cnn2c(NCc3ccc(NC(=O)C4CC4)cc3)cc(Cl)nc12. The summed E-state index contributed by atoms with van der Waals surface area (Å²) in [5, 5.41) is 11.0. The number of rotatable bonds is 5. The largest absolute Gasteiger partial charge is 0.366 e. The smallest absolute Gasteiger partial charge is 0.227 e. The lowest BCUT2D eigenvalue weighted by Crippen LogP contribution is -2.13. The molecule has 128 valence electrons. The highest BCUT2D eigenvalue weighted by atomic mass is 35.5. The minimum Gasteiger partial charge on any atom is -0.366 e. The third-order valence-electron chi connectivity index (χ3n) is 4.26. The van der Waals surface area contributed by atoms with Gasteiger partial charge >= 0.3 is 0 Å². The number of halogens is 1. The zero-order chi connectivity index (χ0) is 17.4. The van der Waals surface area contributed by atoms with Gasteiger partial charge in [0.25, 0.3) is 0 Å². The number of aryl methyl sites for hydroxylation is 1. The maximum absolute atomic E-state index is 11.8. The van der Waals surface area contributed by atoms with Crippen LogP contribution in [0.1, 0.15) is 24.0 Å². The third-order valence-corrected chi connectivity index (χ3v) is 4.45. The van der Waals surface area contributed by atoms with Gasteiger partial charge in [-0.3, -0.25) is 4.79 Å². The summed E-state index contributed by atoms with van der Waals surface area (Å²) in [6.45, 7) is 2.56. The lowest BCUT2D eigenvalue weighted by Gasteiger charge is -2.10. The molecular formula is C18H18ClN5O. The predicted octanol–water partition coefficient (Wildman–Crippen LogP) is 3.65. The van der Waals surface area contributed by atoms with E-state index in [1.807, 2.05) is 31.2 Å². The van der Waals surface area contributed by atoms with Crippen molar-refractivity contribution < 1.29 is 4.79 Å². The van der Waals surface area contributed by atoms with Crippen LogP contribution >= 0.6 is 11.6 Å². The first-order chi connectivity index (χ1) is 12.1. The van der Waals surface area contributed by atoms with Gasteiger partial charge in [-0.05, 0) is 37.5 Å². The number of hydrogen-bond donors (Lipinski definition) is 2. The summed E-state index contributed by atoms with van der Waals surface area (Å²) >= 11 is 6.10. The first kappa shape index (κ1) is 15.9. The molecule has 3 aromatic rings. The van der Waals surface area contributed by atoms with E-state index in [4.69, 9.17) is 11.6 Å². The lowest BCUT2D eigenvalue weighted by molar-refractivity contribution is -0.117. The van der Waals surface area contributed by atoms with Gasteiger partial charge in [0.2, 0.25) is 5.91 Å². The molecule has 1 amide bonds. The summed E-state index contributed by atoms with van der Waals surface area (Å²) in [6.07, 6.45) is 3.77. The molecule has 6 nitrogen and oxygen atoms in total. The van der Waals surface area contributed by atoms with Gasteiger partial charge in [0.15, 0.2) is 5.65 Å². The Morgan fingerprint density at radius 3 is 2.80 bits per heavy atom. The molecule has 2 heterocycles. The minimum absolute atomic E-state index is 0.119. The van der Waals surface area contributed by atoms with E-state index in [-0.39, 0.29) is 11.8 Å². The molecule has 1 saturated carbocycles. The second-order valence-corrected chi connectivity index (χ2v) is 6.73. The monoisotopic (exact) mass is 355 g/mol. The Hall–Kier alpha value is -2.60. The first-order valence-electron chi connectivity index (χ1n) is 8.25. The van der Waals surface area contributed by atoms with Crippen molar-refractivity contribution in [3.05, 3.63) is 52.8 Å². The second-order valence-electron chi connectivity index (χ2n) is 6.34. The minimum atomic E-state index is 0.119. The highest BCUT2D eigenvalue weighted by Gasteiger charge is 2.29. The van der Waals surface area contributed by atoms with Crippen LogP contribution in [0.2, 0.25) is 5.15 Å². The quantitative estimate of drug-likeness (QED) is 0.685. The number of anilines is 2. The van der Waals surface area contributed by atoms with E-state index in [0.717, 1.165) is 41.1 Å². The third kappa shape index (κ3) is 3.44. The lowest BCUT2D eigenvalue weighted by atomic mass is 10.2. The van der Waals surface area contributed by atoms with Crippen LogP contribution in [0.15, 0.2) is 36.5 Å². The van der Waals surface area contributed by atoms with Crippen molar-refractivity contribution >= 4 is 34.7 Å². The summed E-state index contributed by atoms with van der Waals surface area (Å²) in [4.78, 5) is 16.1. The molecule has 4 rings (SSSR count). The zero-order valence-corrected chi connectivity index (χ0v) is 14.5. The van der Waals surface area contributed by atoms with Crippen LogP contribution in [0.25, 0.3) is 5.65 Å². The first-order valence-corrected chi connectivity index (χ1v) is 8.62. The molecule has 0 atom stereocenters. The fraction of sp³-hybridized carbons (Fsp3) is 0.278. The van der Waals surface area contributed by atoms with Gasteiger partial charge in [-0.15, -0.1) is 0 Å². The number of hydrogen-bond acceptors (Lipinski definition) is 4. The fourth-order valence-corrected chi connectivity index (χ4v) is 2.84. The van der Waals surface area contributed by atoms with Crippen LogP contribution in [0.3, 0.4) is 0 Å². The Bertz CT molecular complexity index is 931. The van der Waals surface area contributed by atoms with Crippen molar-refractivity contribution in [1.29, 1.82) is 0 Å². The number of nitrogens with zero attached hydrogens (tertiary/aromatic N) is 3. The Morgan fingerprint density at radius 2 is 2.08 bits per heavy atom. The summed E-state index contributed by atoms with van der Waals surface area (Å²) in [6, 6.07) is 9.58. The molecule has 0 spiro atoms. The van der Waals surface area contributed by atoms with Crippen molar-refractivity contribution in [1.82, 2.24) is 14.6 Å². The number of fused-ring (bicyclic) bond motifs is 1. The standard InChI is InChI=1S/C18H18ClN5O/c1-11-9-21-24-16(8-15(19)23-17(11)24)20-10-12-2-6-14(7-3-12)22-18(25)13-4-5-13/h2-3,6-9,13,20H,4-5,10H2,1H3,(H,22,25). The maximum atomic E-state index is 11.8. The van der Waals surface area contributed by atoms with Gasteiger partial charge in [0.05, 0.1) is 6.20 Å². The van der Waals surface area contributed by atoms with Crippen LogP contribution in [0, 0.1) is 12.8 Å². The maximum Gasteiger partial charge on any atom is 0.227 e. The Kier molecular flexibility index (Phi) is 4.05. The Labute approximate surface area is 150 Å². The highest BCUT2D eigenvalue weighted by Crippen LogP contribution is 2.30. The zero-order valence-electron chi connectivity index (χ0n) is 13.8. The van der Waals surface area contributed by atoms with Gasteiger partial charge in [-0.1, -0.05) is 23.7 Å². The number of benzene rings is 1. The van der Waals surface area contributed by atoms with Gasteiger partial charge in [0, 0.05) is 29.8 Å². The molecular weight excluding hydrogens is 338 g/mol. The number of amides is 1. The van der Waals surface area contributed by atoms with E-state index in [1.165, 1.54) is 0 Å². The van der Waals surface area contributed by atoms with Crippen LogP contribution in [-0.2, 0) is 11.3 Å². The molecule has 0 saturated heterocycles. The Balaban J connectivity index is 1.45. The van der Waals surface area contributed by atoms with E-state index in [2.05, 4.69) is 20.7 Å². The molecule has 0 unspecified atom stereocenters. The molecule has 0 bridgehead atoms. The second kappa shape index (κ2) is 6.37. The van der Waals surface area contributed by atoms with Crippen molar-refractivity contribution in [2.75, 3.05) is 10.6 Å². The fourth-order valence-electron chi connectivity index (χ4n) is 2.66. The predicted molar refractivity (Wildman–Crippen MR) is 97.9 cm³/mol. The Morgan fingerprint density at radius 1 is 1.32 bits per heavy atom. The summed E-state index contributed by atoms with van der Waals surface area (Å²) in [7, 11) is 0. The summed E-state index contributed by atoms with van der Waals surface area (Å²) < 4.78 is 1.74. The molecule has 7 heteroatoms. The van der Waals surface area contributed by atoms with Gasteiger partial charge < -0.3 is 10.6 Å². The van der Waals surface area contributed by atoms with Crippen LogP contribution in [0.5, 0.6) is 0 Å². The molecule has 25 heavy (non-hydrogen) atoms. The van der Waals surface area contributed by atoms with Gasteiger partial charge in [-0.2, -0.15) is 9.61 Å². The van der Waals surface area contributed by atoms with Crippen molar-refractivity contribution in [2.24, 2.45) is 5.92 Å². The van der Waals surface area contributed by atoms with E-state index < -0.39 is 0 Å². The topological polar surface area (TPSA) is 71.3 Å². The number of nitrogens with one attached hydrogen (secondary N) is 2. The van der Waals surface area contributed by atoms with Crippen molar-refractivity contribution in [2.45, 2.75) is 26.3 Å². The summed E-state index contributed by atoms with van der Waals surface area (Å²) in [5.41, 5.74) is 3.64. The number of aromatic nitrogens is 3. The van der Waals surface area contributed by atoms with Crippen molar-refractivity contribution in [3.63, 3.8) is 0 Å². The average molecular weight is 356 g/mol. The van der Waals surface area contributed by atoms with E-state index in [9.17, 15) is 4.79 Å². The van der Waals surface area contributed by atoms with Gasteiger partial charge in [0.1, 0.15) is 11.0 Å². The van der Waals surface area contributed by atoms with E-state index in [0.29, 0.717) is 11.7 Å². The molecule has 1 aromatic carbocycles. The van der Waals surface area contributed by atoms with Crippen molar-refractivity contribution in [3.8, 4) is 0 Å². The highest BCUT2D eigenvalue weighted by molar-refractivity contribution is 6.29. The van der Waals surface area contributed by atoms with Crippen LogP contribution in [-0.4, -0.2) is 20.5 Å². The molecule has 1 fully saturated rings. The van der Waals surface area contributed by atoms with Crippen LogP contribution < -0.4 is 10.6 Å². The molecule has 0 aliphatic heterocycles. The molecule has 2 aromatic heterocycles. The number of carbonyl (C=O) groups is 1. The number of carbonyl (C=O) groups excluding carboxylic acids is 1. The van der Waals surface area contributed by atoms with Gasteiger partial charge in [-0.25, -0.2) is 4.98 Å². The normalized spacial score (nSPS) is 13.8. The molecule has 2 N–H and O–H groups in total. The molecule has 0 radical (unpaired) electrons. The van der Waals surface area contributed by atoms with E-state index in [1.54, 1.807) is 16.8 Å². The van der Waals surface area contributed by atoms with Crippen LogP contribution in [0.4, 0.5) is 11.5 Å². The molecule has 1 aliphatic rings. The molecule has 1 aliphatic carbocycles.